The lowest BCUT2D eigenvalue weighted by atomic mass is 10.0. The highest BCUT2D eigenvalue weighted by molar-refractivity contribution is 6.24. The number of carbonyl (C=O) groups excluding carboxylic acids is 2. The van der Waals surface area contributed by atoms with Gasteiger partial charge in [0.25, 0.3) is 5.91 Å². The number of carbonyl (C=O) groups is 2. The maximum Gasteiger partial charge on any atom is 0.259 e. The number of rotatable bonds is 4. The molecule has 0 bridgehead atoms. The smallest absolute Gasteiger partial charge is 0.259 e. The molecule has 6 heteroatoms. The Hall–Kier alpha value is -2.11. The van der Waals surface area contributed by atoms with E-state index in [1.165, 1.54) is 0 Å². The SMILES string of the molecule is CN1CCC(Oc2cccc(NC(=O)C3=CC=CCC3=O)c2)CC1.Cl. The first-order valence-corrected chi connectivity index (χ1v) is 8.28. The molecule has 1 aromatic rings. The van der Waals surface area contributed by atoms with Crippen LogP contribution in [-0.2, 0) is 9.59 Å². The van der Waals surface area contributed by atoms with Crippen LogP contribution in [0, 0.1) is 0 Å². The van der Waals surface area contributed by atoms with E-state index in [0.29, 0.717) is 5.69 Å². The van der Waals surface area contributed by atoms with E-state index in [1.54, 1.807) is 30.4 Å². The summed E-state index contributed by atoms with van der Waals surface area (Å²) in [6, 6.07) is 7.33. The van der Waals surface area contributed by atoms with Gasteiger partial charge in [0.2, 0.25) is 0 Å². The number of ketones is 1. The molecule has 0 saturated carbocycles. The van der Waals surface area contributed by atoms with Crippen molar-refractivity contribution in [1.29, 1.82) is 0 Å². The summed E-state index contributed by atoms with van der Waals surface area (Å²) in [5, 5.41) is 2.78. The van der Waals surface area contributed by atoms with Crippen molar-refractivity contribution in [3.63, 3.8) is 0 Å². The molecule has 1 aliphatic carbocycles. The van der Waals surface area contributed by atoms with E-state index in [-0.39, 0.29) is 42.2 Å². The molecule has 134 valence electrons. The standard InChI is InChI=1S/C19H22N2O3.ClH/c1-21-11-9-15(10-12-21)24-16-6-4-5-14(13-16)20-19(23)17-7-2-3-8-18(17)22;/h2-7,13,15H,8-12H2,1H3,(H,20,23);1H. The normalized spacial score (nSPS) is 18.3. The van der Waals surface area contributed by atoms with E-state index in [2.05, 4.69) is 17.3 Å². The fourth-order valence-corrected chi connectivity index (χ4v) is 2.89. The predicted octanol–water partition coefficient (Wildman–Crippen LogP) is 2.98. The van der Waals surface area contributed by atoms with Crippen molar-refractivity contribution in [1.82, 2.24) is 4.90 Å². The highest BCUT2D eigenvalue weighted by Gasteiger charge is 2.20. The number of anilines is 1. The Morgan fingerprint density at radius 3 is 2.76 bits per heavy atom. The van der Waals surface area contributed by atoms with Crippen LogP contribution in [0.3, 0.4) is 0 Å². The van der Waals surface area contributed by atoms with Gasteiger partial charge >= 0.3 is 0 Å². The van der Waals surface area contributed by atoms with Crippen LogP contribution in [0.4, 0.5) is 5.69 Å². The van der Waals surface area contributed by atoms with Crippen molar-refractivity contribution in [3.05, 3.63) is 48.1 Å². The fourth-order valence-electron chi connectivity index (χ4n) is 2.89. The quantitative estimate of drug-likeness (QED) is 0.836. The van der Waals surface area contributed by atoms with Crippen molar-refractivity contribution >= 4 is 29.8 Å². The second kappa shape index (κ2) is 8.83. The molecule has 0 aromatic heterocycles. The molecule has 0 atom stereocenters. The molecule has 2 aliphatic rings. The highest BCUT2D eigenvalue weighted by atomic mass is 35.5. The number of nitrogens with one attached hydrogen (secondary N) is 1. The number of likely N-dealkylation sites (tertiary alicyclic amines) is 1. The molecular formula is C19H23ClN2O3. The molecule has 25 heavy (non-hydrogen) atoms. The van der Waals surface area contributed by atoms with Crippen molar-refractivity contribution in [2.75, 3.05) is 25.5 Å². The van der Waals surface area contributed by atoms with Gasteiger partial charge in [0.15, 0.2) is 5.78 Å². The Morgan fingerprint density at radius 2 is 2.04 bits per heavy atom. The van der Waals surface area contributed by atoms with E-state index in [4.69, 9.17) is 4.74 Å². The maximum atomic E-state index is 12.2. The minimum Gasteiger partial charge on any atom is -0.490 e. The van der Waals surface area contributed by atoms with E-state index >= 15 is 0 Å². The van der Waals surface area contributed by atoms with Gasteiger partial charge in [-0.25, -0.2) is 0 Å². The van der Waals surface area contributed by atoms with Crippen LogP contribution < -0.4 is 10.1 Å². The third kappa shape index (κ3) is 5.18. The zero-order valence-corrected chi connectivity index (χ0v) is 15.1. The second-order valence-corrected chi connectivity index (χ2v) is 6.24. The lowest BCUT2D eigenvalue weighted by Gasteiger charge is -2.29. The second-order valence-electron chi connectivity index (χ2n) is 6.24. The molecule has 3 rings (SSSR count). The maximum absolute atomic E-state index is 12.2. The van der Waals surface area contributed by atoms with Crippen LogP contribution in [-0.4, -0.2) is 42.8 Å². The summed E-state index contributed by atoms with van der Waals surface area (Å²) in [5.41, 5.74) is 0.827. The number of hydrogen-bond acceptors (Lipinski definition) is 4. The number of halogens is 1. The van der Waals surface area contributed by atoms with Crippen molar-refractivity contribution < 1.29 is 14.3 Å². The summed E-state index contributed by atoms with van der Waals surface area (Å²) in [4.78, 5) is 26.3. The van der Waals surface area contributed by atoms with Crippen LogP contribution in [0.15, 0.2) is 48.1 Å². The van der Waals surface area contributed by atoms with E-state index in [1.807, 2.05) is 12.1 Å². The number of piperidine rings is 1. The van der Waals surface area contributed by atoms with Gasteiger partial charge in [0.05, 0.1) is 5.57 Å². The van der Waals surface area contributed by atoms with E-state index in [9.17, 15) is 9.59 Å². The van der Waals surface area contributed by atoms with E-state index < -0.39 is 0 Å². The van der Waals surface area contributed by atoms with E-state index in [0.717, 1.165) is 31.7 Å². The minimum atomic E-state index is -0.374. The Bertz CT molecular complexity index is 692. The number of hydrogen-bond donors (Lipinski definition) is 1. The van der Waals surface area contributed by atoms with Gasteiger partial charge in [-0.05, 0) is 38.1 Å². The molecule has 1 amide bonds. The van der Waals surface area contributed by atoms with Gasteiger partial charge in [-0.15, -0.1) is 12.4 Å². The van der Waals surface area contributed by atoms with Crippen LogP contribution in [0.5, 0.6) is 5.75 Å². The molecule has 1 N–H and O–H groups in total. The molecule has 0 spiro atoms. The minimum absolute atomic E-state index is 0. The Balaban J connectivity index is 0.00000225. The topological polar surface area (TPSA) is 58.6 Å². The van der Waals surface area contributed by atoms with Crippen LogP contribution in [0.2, 0.25) is 0 Å². The summed E-state index contributed by atoms with van der Waals surface area (Å²) in [6.45, 7) is 2.07. The molecule has 1 aliphatic heterocycles. The first kappa shape index (κ1) is 19.2. The van der Waals surface area contributed by atoms with Crippen molar-refractivity contribution in [2.45, 2.75) is 25.4 Å². The number of ether oxygens (including phenoxy) is 1. The van der Waals surface area contributed by atoms with Crippen molar-refractivity contribution in [3.8, 4) is 5.75 Å². The summed E-state index contributed by atoms with van der Waals surface area (Å²) in [7, 11) is 2.11. The van der Waals surface area contributed by atoms with Gasteiger partial charge in [0.1, 0.15) is 11.9 Å². The van der Waals surface area contributed by atoms with Gasteiger partial charge < -0.3 is 15.0 Å². The first-order valence-electron chi connectivity index (χ1n) is 8.28. The van der Waals surface area contributed by atoms with Crippen LogP contribution >= 0.6 is 12.4 Å². The summed E-state index contributed by atoms with van der Waals surface area (Å²) in [5.74, 6) is 0.209. The largest absolute Gasteiger partial charge is 0.490 e. The number of Topliss-reactive ketones (excluding diaryl/α,β-unsaturated/α-hetero) is 1. The third-order valence-corrected chi connectivity index (χ3v) is 4.31. The molecule has 0 unspecified atom stereocenters. The molecule has 5 nitrogen and oxygen atoms in total. The summed E-state index contributed by atoms with van der Waals surface area (Å²) < 4.78 is 6.02. The summed E-state index contributed by atoms with van der Waals surface area (Å²) in [6.07, 6.45) is 7.52. The highest BCUT2D eigenvalue weighted by Crippen LogP contribution is 2.22. The number of amides is 1. The third-order valence-electron chi connectivity index (χ3n) is 4.31. The molecule has 1 aromatic carbocycles. The Kier molecular flexibility index (Phi) is 6.79. The van der Waals surface area contributed by atoms with Gasteiger partial charge in [-0.2, -0.15) is 0 Å². The number of nitrogens with zero attached hydrogens (tertiary/aromatic N) is 1. The van der Waals surface area contributed by atoms with Gasteiger partial charge in [-0.3, -0.25) is 9.59 Å². The average Bonchev–Trinajstić information content (AvgIpc) is 2.58. The molecular weight excluding hydrogens is 340 g/mol. The number of benzene rings is 1. The van der Waals surface area contributed by atoms with Crippen LogP contribution in [0.1, 0.15) is 19.3 Å². The van der Waals surface area contributed by atoms with Gasteiger partial charge in [-0.1, -0.05) is 18.2 Å². The Labute approximate surface area is 154 Å². The first-order chi connectivity index (χ1) is 11.6. The molecule has 0 radical (unpaired) electrons. The zero-order chi connectivity index (χ0) is 16.9. The van der Waals surface area contributed by atoms with Crippen LogP contribution in [0.25, 0.3) is 0 Å². The number of allylic oxidation sites excluding steroid dienone is 3. The van der Waals surface area contributed by atoms with Crippen molar-refractivity contribution in [2.24, 2.45) is 0 Å². The summed E-state index contributed by atoms with van der Waals surface area (Å²) >= 11 is 0. The lowest BCUT2D eigenvalue weighted by molar-refractivity contribution is -0.119. The molecule has 1 saturated heterocycles. The van der Waals surface area contributed by atoms with Gasteiger partial charge in [0, 0.05) is 31.3 Å². The zero-order valence-electron chi connectivity index (χ0n) is 14.2. The lowest BCUT2D eigenvalue weighted by Crippen LogP contribution is -2.35. The monoisotopic (exact) mass is 362 g/mol. The predicted molar refractivity (Wildman–Crippen MR) is 100 cm³/mol. The fraction of sp³-hybridized carbons (Fsp3) is 0.368. The molecule has 1 fully saturated rings. The Morgan fingerprint density at radius 1 is 1.28 bits per heavy atom. The molecule has 1 heterocycles. The average molecular weight is 363 g/mol.